The number of aliphatic carboxylic acids is 1. The van der Waals surface area contributed by atoms with E-state index in [0.29, 0.717) is 5.69 Å². The zero-order valence-electron chi connectivity index (χ0n) is 19.2. The van der Waals surface area contributed by atoms with Crippen LogP contribution in [-0.2, 0) is 35.4 Å². The number of carbonyl (C=O) groups excluding carboxylic acids is 2. The molecule has 2 fully saturated rings. The van der Waals surface area contributed by atoms with Crippen LogP contribution in [0.3, 0.4) is 0 Å². The first-order chi connectivity index (χ1) is 17.5. The lowest BCUT2D eigenvalue weighted by atomic mass is 9.94. The third-order valence-corrected chi connectivity index (χ3v) is 10.3. The number of β-lactam (4-membered cyclic amide) rings is 1. The zero-order valence-corrected chi connectivity index (χ0v) is 20.8. The number of fused-ring (bicyclic) bond motifs is 2. The number of carboxylic acids is 1. The van der Waals surface area contributed by atoms with Gasteiger partial charge in [-0.2, -0.15) is 0 Å². The first-order valence-electron chi connectivity index (χ1n) is 10.9. The monoisotopic (exact) mass is 544 g/mol. The summed E-state index contributed by atoms with van der Waals surface area (Å²) in [5, 5.41) is 30.1. The van der Waals surface area contributed by atoms with Crippen molar-refractivity contribution >= 4 is 55.2 Å². The minimum atomic E-state index is -4.36. The molecule has 2 saturated heterocycles. The summed E-state index contributed by atoms with van der Waals surface area (Å²) in [6.45, 7) is 0.337. The van der Waals surface area contributed by atoms with Crippen molar-refractivity contribution < 1.29 is 42.9 Å². The maximum Gasteiger partial charge on any atom is 0.328 e. The van der Waals surface area contributed by atoms with E-state index in [9.17, 15) is 38.1 Å². The lowest BCUT2D eigenvalue weighted by Gasteiger charge is -2.37. The van der Waals surface area contributed by atoms with E-state index in [1.165, 1.54) is 35.7 Å². The number of esters is 1. The lowest BCUT2D eigenvalue weighted by Crippen LogP contribution is -2.59. The third-order valence-electron chi connectivity index (χ3n) is 6.63. The second-order valence-corrected chi connectivity index (χ2v) is 12.3. The van der Waals surface area contributed by atoms with Gasteiger partial charge in [0.15, 0.2) is 32.8 Å². The lowest BCUT2D eigenvalue weighted by molar-refractivity contribution is -0.155. The fourth-order valence-corrected chi connectivity index (χ4v) is 7.81. The number of rotatable bonds is 6. The van der Waals surface area contributed by atoms with Gasteiger partial charge in [-0.3, -0.25) is 14.6 Å². The average molecular weight is 545 g/mol. The number of benzene rings is 1. The number of hydrogen-bond donors (Lipinski definition) is 3. The molecule has 3 N–H and O–H groups in total. The molecule has 3 atom stereocenters. The van der Waals surface area contributed by atoms with Gasteiger partial charge in [-0.1, -0.05) is 6.07 Å². The molecule has 192 valence electrons. The van der Waals surface area contributed by atoms with Crippen LogP contribution in [0.15, 0.2) is 47.5 Å². The third kappa shape index (κ3) is 3.73. The Kier molecular flexibility index (Phi) is 5.72. The molecule has 37 heavy (non-hydrogen) atoms. The number of carbonyl (C=O) groups is 3. The Labute approximate surface area is 214 Å². The molecule has 2 aliphatic rings. The van der Waals surface area contributed by atoms with E-state index < -0.39 is 56.2 Å². The number of aromatic nitrogens is 1. The van der Waals surface area contributed by atoms with Crippen LogP contribution in [-0.4, -0.2) is 74.2 Å². The predicted molar refractivity (Wildman–Crippen MR) is 131 cm³/mol. The number of nitrogens with zero attached hydrogens (tertiary/aromatic N) is 2. The fourth-order valence-electron chi connectivity index (χ4n) is 4.68. The van der Waals surface area contributed by atoms with Crippen molar-refractivity contribution in [3.8, 4) is 11.5 Å². The molecule has 3 aromatic rings. The minimum absolute atomic E-state index is 0.103. The van der Waals surface area contributed by atoms with Crippen molar-refractivity contribution in [1.29, 1.82) is 0 Å². The first-order valence-corrected chi connectivity index (χ1v) is 13.4. The van der Waals surface area contributed by atoms with E-state index in [1.54, 1.807) is 6.07 Å². The van der Waals surface area contributed by atoms with Crippen molar-refractivity contribution in [2.45, 2.75) is 29.5 Å². The molecule has 11 nitrogen and oxygen atoms in total. The number of thiophene rings is 1. The molecular weight excluding hydrogens is 524 g/mol. The molecule has 0 unspecified atom stereocenters. The number of ether oxygens (including phenoxy) is 1. The highest BCUT2D eigenvalue weighted by atomic mass is 32.2. The highest BCUT2D eigenvalue weighted by molar-refractivity contribution is 7.94. The number of phenols is 2. The smallest absolute Gasteiger partial charge is 0.328 e. The van der Waals surface area contributed by atoms with E-state index >= 15 is 0 Å². The standard InChI is InChI=1S/C24H20N2O9S2/c1-24(11-35-18(29)9-12-2-3-16(27)17(28)8-12)20(23(31)32)26-21(30)14(22(26)37(24,33)34)10-15-19-13(4-6-25-15)5-7-36-19/h2-8,10,20,22,27-28H,9,11H2,1H3,(H,31,32)/b14-10-/t20-,22+,24-/m0/s1. The average Bonchev–Trinajstić information content (AvgIpc) is 3.38. The fraction of sp³-hybridized carbons (Fsp3) is 0.250. The van der Waals surface area contributed by atoms with Crippen LogP contribution < -0.4 is 0 Å². The van der Waals surface area contributed by atoms with Crippen molar-refractivity contribution in [2.75, 3.05) is 6.61 Å². The second-order valence-electron chi connectivity index (χ2n) is 8.96. The highest BCUT2D eigenvalue weighted by Gasteiger charge is 2.72. The largest absolute Gasteiger partial charge is 0.504 e. The number of aromatic hydroxyl groups is 2. The van der Waals surface area contributed by atoms with Gasteiger partial charge in [-0.15, -0.1) is 11.3 Å². The summed E-state index contributed by atoms with van der Waals surface area (Å²) in [6, 6.07) is 5.56. The summed E-state index contributed by atoms with van der Waals surface area (Å²) in [5.74, 6) is -3.99. The van der Waals surface area contributed by atoms with Gasteiger partial charge in [0.25, 0.3) is 5.91 Å². The molecule has 13 heteroatoms. The van der Waals surface area contributed by atoms with Gasteiger partial charge in [0.05, 0.1) is 22.4 Å². The Balaban J connectivity index is 1.43. The topological polar surface area (TPSA) is 171 Å². The van der Waals surface area contributed by atoms with Crippen molar-refractivity contribution in [3.05, 3.63) is 58.7 Å². The van der Waals surface area contributed by atoms with Gasteiger partial charge in [-0.05, 0) is 53.6 Å². The van der Waals surface area contributed by atoms with E-state index in [2.05, 4.69) is 4.98 Å². The summed E-state index contributed by atoms with van der Waals surface area (Å²) < 4.78 is 31.1. The summed E-state index contributed by atoms with van der Waals surface area (Å²) in [5.41, 5.74) is 0.581. The van der Waals surface area contributed by atoms with Gasteiger partial charge in [0.2, 0.25) is 0 Å². The van der Waals surface area contributed by atoms with E-state index in [1.807, 2.05) is 11.4 Å². The zero-order chi connectivity index (χ0) is 26.7. The predicted octanol–water partition coefficient (Wildman–Crippen LogP) is 1.69. The Morgan fingerprint density at radius 3 is 2.68 bits per heavy atom. The SMILES string of the molecule is C[C@]1(COC(=O)Cc2ccc(O)c(O)c2)[C@H](C(=O)O)N2C(=O)/C(=C/c3nccc4ccsc34)[C@H]2S1(=O)=O. The molecule has 4 heterocycles. The molecule has 2 aromatic heterocycles. The molecule has 0 spiro atoms. The van der Waals surface area contributed by atoms with Gasteiger partial charge >= 0.3 is 11.9 Å². The summed E-state index contributed by atoms with van der Waals surface area (Å²) >= 11 is 1.37. The maximum absolute atomic E-state index is 13.6. The molecule has 0 radical (unpaired) electrons. The highest BCUT2D eigenvalue weighted by Crippen LogP contribution is 2.49. The number of pyridine rings is 1. The normalized spacial score (nSPS) is 25.2. The van der Waals surface area contributed by atoms with Crippen LogP contribution >= 0.6 is 11.3 Å². The van der Waals surface area contributed by atoms with Crippen LogP contribution in [0.2, 0.25) is 0 Å². The van der Waals surface area contributed by atoms with Crippen LogP contribution in [0.25, 0.3) is 16.2 Å². The number of carboxylic acid groups (broad SMARTS) is 1. The number of hydrogen-bond acceptors (Lipinski definition) is 10. The summed E-state index contributed by atoms with van der Waals surface area (Å²) in [6.07, 6.45) is 2.53. The summed E-state index contributed by atoms with van der Waals surface area (Å²) in [4.78, 5) is 42.7. The van der Waals surface area contributed by atoms with E-state index in [4.69, 9.17) is 4.74 Å². The summed E-state index contributed by atoms with van der Waals surface area (Å²) in [7, 11) is -4.36. The van der Waals surface area contributed by atoms with Gasteiger partial charge in [0.1, 0.15) is 11.4 Å². The molecular formula is C24H20N2O9S2. The van der Waals surface area contributed by atoms with Crippen LogP contribution in [0, 0.1) is 0 Å². The minimum Gasteiger partial charge on any atom is -0.504 e. The number of phenolic OH excluding ortho intramolecular Hbond substituents is 2. The Bertz CT molecular complexity index is 1610. The van der Waals surface area contributed by atoms with E-state index in [-0.39, 0.29) is 23.3 Å². The molecule has 0 saturated carbocycles. The number of sulfone groups is 1. The van der Waals surface area contributed by atoms with E-state index in [0.717, 1.165) is 28.0 Å². The van der Waals surface area contributed by atoms with Crippen LogP contribution in [0.5, 0.6) is 11.5 Å². The Morgan fingerprint density at radius 2 is 1.97 bits per heavy atom. The quantitative estimate of drug-likeness (QED) is 0.179. The van der Waals surface area contributed by atoms with Crippen molar-refractivity contribution in [3.63, 3.8) is 0 Å². The molecule has 0 bridgehead atoms. The molecule has 2 aliphatic heterocycles. The van der Waals surface area contributed by atoms with Crippen LogP contribution in [0.1, 0.15) is 18.2 Å². The Hall–Kier alpha value is -3.97. The van der Waals surface area contributed by atoms with Crippen LogP contribution in [0.4, 0.5) is 0 Å². The Morgan fingerprint density at radius 1 is 1.22 bits per heavy atom. The van der Waals surface area contributed by atoms with Gasteiger partial charge < -0.3 is 25.0 Å². The molecule has 0 aliphatic carbocycles. The molecule has 5 rings (SSSR count). The van der Waals surface area contributed by atoms with Gasteiger partial charge in [0, 0.05) is 6.20 Å². The molecule has 1 amide bonds. The maximum atomic E-state index is 13.6. The first kappa shape index (κ1) is 24.7. The second kappa shape index (κ2) is 8.56. The van der Waals surface area contributed by atoms with Crippen molar-refractivity contribution in [1.82, 2.24) is 9.88 Å². The number of amides is 1. The van der Waals surface area contributed by atoms with Gasteiger partial charge in [-0.25, -0.2) is 13.2 Å². The molecule has 1 aromatic carbocycles. The van der Waals surface area contributed by atoms with Crippen molar-refractivity contribution in [2.24, 2.45) is 0 Å².